The van der Waals surface area contributed by atoms with Gasteiger partial charge in [0.05, 0.1) is 24.5 Å². The van der Waals surface area contributed by atoms with E-state index < -0.39 is 28.8 Å². The molecule has 6 aliphatic rings. The Hall–Kier alpha value is -2.52. The first-order valence-corrected chi connectivity index (χ1v) is 20.7. The molecule has 1 aromatic rings. The van der Waals surface area contributed by atoms with E-state index >= 15 is 0 Å². The number of rotatable bonds is 9. The van der Waals surface area contributed by atoms with Crippen molar-refractivity contribution in [2.75, 3.05) is 6.54 Å². The van der Waals surface area contributed by atoms with Gasteiger partial charge in [-0.05, 0) is 109 Å². The van der Waals surface area contributed by atoms with Gasteiger partial charge in [-0.2, -0.15) is 0 Å². The van der Waals surface area contributed by atoms with E-state index in [9.17, 15) is 24.6 Å². The lowest BCUT2D eigenvalue weighted by molar-refractivity contribution is -0.238. The number of carboxylic acid groups (broad SMARTS) is 1. The molecule has 9 nitrogen and oxygen atoms in total. The van der Waals surface area contributed by atoms with Crippen LogP contribution >= 0.6 is 0 Å². The summed E-state index contributed by atoms with van der Waals surface area (Å²) in [6.07, 6.45) is 11.6. The number of aryl methyl sites for hydroxylation is 1. The van der Waals surface area contributed by atoms with Gasteiger partial charge in [-0.1, -0.05) is 67.9 Å². The number of imidazole rings is 1. The molecule has 0 bridgehead atoms. The molecule has 1 heterocycles. The fraction of sp³-hybridized carbons (Fsp3) is 0.818. The number of aliphatic hydroxyl groups is 1. The third kappa shape index (κ3) is 5.42. The molecule has 5 fully saturated rings. The highest BCUT2D eigenvalue weighted by Crippen LogP contribution is 2.77. The van der Waals surface area contributed by atoms with Gasteiger partial charge in [0.15, 0.2) is 5.78 Å². The first kappa shape index (κ1) is 38.7. The predicted octanol–water partition coefficient (Wildman–Crippen LogP) is 7.51. The summed E-state index contributed by atoms with van der Waals surface area (Å²) in [4.78, 5) is 43.8. The van der Waals surface area contributed by atoms with Gasteiger partial charge in [0.25, 0.3) is 0 Å². The lowest BCUT2D eigenvalue weighted by atomic mass is 9.33. The molecule has 0 amide bonds. The zero-order valence-electron chi connectivity index (χ0n) is 34.2. The maximum absolute atomic E-state index is 14.0. The number of fused-ring (bicyclic) bond motifs is 7. The van der Waals surface area contributed by atoms with Crippen molar-refractivity contribution in [1.82, 2.24) is 14.9 Å². The van der Waals surface area contributed by atoms with Crippen molar-refractivity contribution in [3.05, 3.63) is 29.4 Å². The number of hydrogen-bond donors (Lipinski definition) is 3. The summed E-state index contributed by atoms with van der Waals surface area (Å²) in [5, 5.41) is 25.3. The number of nitrogens with zero attached hydrogens (tertiary/aromatic N) is 2. The molecule has 0 saturated heterocycles. The maximum Gasteiger partial charge on any atom is 0.309 e. The number of carbonyl (C=O) groups excluding carboxylic acids is 2. The third-order valence-electron chi connectivity index (χ3n) is 17.7. The second-order valence-electron chi connectivity index (χ2n) is 20.7. The number of aromatic nitrogens is 2. The number of nitrogens with one attached hydrogen (secondary N) is 1. The first-order chi connectivity index (χ1) is 24.7. The van der Waals surface area contributed by atoms with Crippen LogP contribution in [0, 0.1) is 68.0 Å². The summed E-state index contributed by atoms with van der Waals surface area (Å²) in [6.45, 7) is 21.4. The van der Waals surface area contributed by atoms with Crippen molar-refractivity contribution in [2.45, 2.75) is 145 Å². The van der Waals surface area contributed by atoms with Crippen LogP contribution in [0.3, 0.4) is 0 Å². The van der Waals surface area contributed by atoms with Crippen molar-refractivity contribution in [3.63, 3.8) is 0 Å². The molecule has 0 aliphatic heterocycles. The highest BCUT2D eigenvalue weighted by atomic mass is 16.5. The molecule has 9 heteroatoms. The SMILES string of the molecule is CC(C)C1=C2[C@H]3CC[C@@H]4[C@@]5(C)CC[C@H](OC(=O)[C@H]6C[C@@H](C(=O)O)C6(C)C)C(C)(C)[C@@H]5CC[C@@]4(C)[C@]3(C)CC[C@@]2([C@@H](O)CNCc2nccn2C)CC1=O. The molecule has 6 aliphatic carbocycles. The van der Waals surface area contributed by atoms with E-state index in [1.54, 1.807) is 6.20 Å². The topological polar surface area (TPSA) is 131 Å². The van der Waals surface area contributed by atoms with Gasteiger partial charge >= 0.3 is 11.9 Å². The second-order valence-corrected chi connectivity index (χ2v) is 20.7. The summed E-state index contributed by atoms with van der Waals surface area (Å²) in [7, 11) is 1.98. The number of carboxylic acids is 1. The van der Waals surface area contributed by atoms with Gasteiger partial charge in [0.1, 0.15) is 11.9 Å². The molecular formula is C44H67N3O6. The lowest BCUT2D eigenvalue weighted by Gasteiger charge is -2.72. The number of aliphatic carboxylic acids is 1. The average Bonchev–Trinajstić information content (AvgIpc) is 3.61. The minimum Gasteiger partial charge on any atom is -0.481 e. The zero-order chi connectivity index (χ0) is 38.7. The number of aliphatic hydroxyl groups excluding tert-OH is 1. The Balaban J connectivity index is 1.13. The monoisotopic (exact) mass is 734 g/mol. The molecule has 0 radical (unpaired) electrons. The van der Waals surface area contributed by atoms with E-state index in [0.29, 0.717) is 37.8 Å². The normalized spacial score (nSPS) is 41.8. The molecule has 0 aromatic carbocycles. The molecule has 5 saturated carbocycles. The van der Waals surface area contributed by atoms with Crippen LogP contribution in [0.1, 0.15) is 132 Å². The fourth-order valence-corrected chi connectivity index (χ4v) is 14.3. The number of carbonyl (C=O) groups is 3. The molecule has 11 atom stereocenters. The number of hydrogen-bond acceptors (Lipinski definition) is 7. The highest BCUT2D eigenvalue weighted by molar-refractivity contribution is 6.00. The fourth-order valence-electron chi connectivity index (χ4n) is 14.3. The molecule has 53 heavy (non-hydrogen) atoms. The molecular weight excluding hydrogens is 666 g/mol. The molecule has 3 N–H and O–H groups in total. The van der Waals surface area contributed by atoms with Crippen molar-refractivity contribution < 1.29 is 29.3 Å². The minimum atomic E-state index is -0.828. The number of ether oxygens (including phenoxy) is 1. The third-order valence-corrected chi connectivity index (χ3v) is 17.7. The van der Waals surface area contributed by atoms with Gasteiger partial charge in [-0.3, -0.25) is 14.4 Å². The van der Waals surface area contributed by atoms with Gasteiger partial charge < -0.3 is 24.8 Å². The summed E-state index contributed by atoms with van der Waals surface area (Å²) in [5.74, 6) is 0.514. The van der Waals surface area contributed by atoms with E-state index in [1.807, 2.05) is 31.7 Å². The number of Topliss-reactive ketones (excluding diaryl/α,β-unsaturated/α-hetero) is 1. The van der Waals surface area contributed by atoms with Crippen molar-refractivity contribution in [2.24, 2.45) is 75.0 Å². The van der Waals surface area contributed by atoms with Crippen LogP contribution in [0.15, 0.2) is 23.5 Å². The van der Waals surface area contributed by atoms with Crippen LogP contribution in [-0.4, -0.2) is 56.2 Å². The number of esters is 1. The van der Waals surface area contributed by atoms with Gasteiger partial charge in [-0.15, -0.1) is 0 Å². The lowest BCUT2D eigenvalue weighted by Crippen LogP contribution is -2.66. The van der Waals surface area contributed by atoms with E-state index in [0.717, 1.165) is 62.8 Å². The van der Waals surface area contributed by atoms with Gasteiger partial charge in [0.2, 0.25) is 0 Å². The molecule has 0 spiro atoms. The van der Waals surface area contributed by atoms with Gasteiger partial charge in [0, 0.05) is 43.2 Å². The summed E-state index contributed by atoms with van der Waals surface area (Å²) in [5.41, 5.74) is 1.11. The Kier molecular flexibility index (Phi) is 9.32. The smallest absolute Gasteiger partial charge is 0.309 e. The van der Waals surface area contributed by atoms with Gasteiger partial charge in [-0.25, -0.2) is 4.98 Å². The van der Waals surface area contributed by atoms with E-state index in [-0.39, 0.29) is 57.3 Å². The zero-order valence-corrected chi connectivity index (χ0v) is 34.2. The maximum atomic E-state index is 14.0. The van der Waals surface area contributed by atoms with Crippen LogP contribution in [0.4, 0.5) is 0 Å². The van der Waals surface area contributed by atoms with Crippen LogP contribution in [-0.2, 0) is 32.7 Å². The number of ketones is 1. The summed E-state index contributed by atoms with van der Waals surface area (Å²) < 4.78 is 8.40. The Bertz CT molecular complexity index is 1690. The van der Waals surface area contributed by atoms with Crippen molar-refractivity contribution >= 4 is 17.7 Å². The quantitative estimate of drug-likeness (QED) is 0.223. The highest BCUT2D eigenvalue weighted by Gasteiger charge is 2.71. The first-order valence-electron chi connectivity index (χ1n) is 20.7. The van der Waals surface area contributed by atoms with E-state index in [1.165, 1.54) is 5.57 Å². The van der Waals surface area contributed by atoms with E-state index in [4.69, 9.17) is 4.74 Å². The standard InChI is InChI=1S/C44H67N3O6/c1-25(2)35-29(48)22-44(32(49)23-45-24-34-46-19-20-47(34)10)18-17-42(8)26(36(35)44)11-12-31-41(7)15-14-33(40(5,6)30(41)13-16-43(31,42)9)53-38(52)28-21-27(37(50)51)39(28,3)4/h19-20,25-28,30-33,45,49H,11-18,21-24H2,1-10H3,(H,50,51)/t26-,27+,28-,30+,31-,32+,33+,41+,42-,43-,44+/m1/s1. The predicted molar refractivity (Wildman–Crippen MR) is 203 cm³/mol. The summed E-state index contributed by atoms with van der Waals surface area (Å²) >= 11 is 0. The Morgan fingerprint density at radius 2 is 1.66 bits per heavy atom. The molecule has 7 rings (SSSR count). The van der Waals surface area contributed by atoms with Crippen molar-refractivity contribution in [3.8, 4) is 0 Å². The Morgan fingerprint density at radius 1 is 0.943 bits per heavy atom. The Labute approximate surface area is 317 Å². The van der Waals surface area contributed by atoms with Crippen LogP contribution in [0.25, 0.3) is 0 Å². The number of allylic oxidation sites excluding steroid dienone is 1. The second kappa shape index (κ2) is 12.8. The molecule has 1 aromatic heterocycles. The summed E-state index contributed by atoms with van der Waals surface area (Å²) in [6, 6.07) is 0. The van der Waals surface area contributed by atoms with Crippen LogP contribution < -0.4 is 5.32 Å². The largest absolute Gasteiger partial charge is 0.481 e. The average molecular weight is 734 g/mol. The molecule has 0 unspecified atom stereocenters. The molecule has 294 valence electrons. The van der Waals surface area contributed by atoms with Crippen LogP contribution in [0.5, 0.6) is 0 Å². The Morgan fingerprint density at radius 3 is 2.28 bits per heavy atom. The van der Waals surface area contributed by atoms with Crippen molar-refractivity contribution in [1.29, 1.82) is 0 Å². The van der Waals surface area contributed by atoms with E-state index in [2.05, 4.69) is 58.8 Å². The van der Waals surface area contributed by atoms with Crippen LogP contribution in [0.2, 0.25) is 0 Å². The minimum absolute atomic E-state index is 0.00244.